The van der Waals surface area contributed by atoms with Crippen molar-refractivity contribution in [3.63, 3.8) is 0 Å². The summed E-state index contributed by atoms with van der Waals surface area (Å²) in [6.45, 7) is 2.01. The largest absolute Gasteiger partial charge is 0.375 e. The number of hydrogen-bond acceptors (Lipinski definition) is 2. The second-order valence-corrected chi connectivity index (χ2v) is 3.35. The van der Waals surface area contributed by atoms with Gasteiger partial charge >= 0.3 is 0 Å². The van der Waals surface area contributed by atoms with Crippen molar-refractivity contribution < 1.29 is 4.74 Å². The lowest BCUT2D eigenvalue weighted by atomic mass is 9.99. The SMILES string of the molecule is C#CCN[C@H]1COCc2ccccc21.Cl. The van der Waals surface area contributed by atoms with Gasteiger partial charge in [-0.2, -0.15) is 0 Å². The monoisotopic (exact) mass is 223 g/mol. The van der Waals surface area contributed by atoms with E-state index in [-0.39, 0.29) is 18.4 Å². The zero-order valence-corrected chi connectivity index (χ0v) is 9.22. The van der Waals surface area contributed by atoms with Crippen LogP contribution in [-0.4, -0.2) is 13.2 Å². The van der Waals surface area contributed by atoms with Crippen LogP contribution in [0.15, 0.2) is 24.3 Å². The predicted molar refractivity (Wildman–Crippen MR) is 62.9 cm³/mol. The highest BCUT2D eigenvalue weighted by Gasteiger charge is 2.18. The van der Waals surface area contributed by atoms with Gasteiger partial charge < -0.3 is 4.74 Å². The summed E-state index contributed by atoms with van der Waals surface area (Å²) in [5, 5.41) is 3.27. The second-order valence-electron chi connectivity index (χ2n) is 3.35. The van der Waals surface area contributed by atoms with Crippen LogP contribution in [0.1, 0.15) is 17.2 Å². The molecule has 3 heteroatoms. The Labute approximate surface area is 96.4 Å². The van der Waals surface area contributed by atoms with E-state index in [9.17, 15) is 0 Å². The lowest BCUT2D eigenvalue weighted by Gasteiger charge is -2.25. The molecular formula is C12H14ClNO. The normalized spacial score (nSPS) is 18.5. The van der Waals surface area contributed by atoms with E-state index in [2.05, 4.69) is 29.4 Å². The molecule has 2 rings (SSSR count). The molecule has 1 aliphatic heterocycles. The zero-order valence-electron chi connectivity index (χ0n) is 8.40. The van der Waals surface area contributed by atoms with Crippen LogP contribution in [0.4, 0.5) is 0 Å². The maximum atomic E-state index is 5.47. The minimum Gasteiger partial charge on any atom is -0.375 e. The summed E-state index contributed by atoms with van der Waals surface area (Å²) in [6.07, 6.45) is 5.21. The van der Waals surface area contributed by atoms with Gasteiger partial charge in [-0.05, 0) is 11.1 Å². The molecule has 0 amide bonds. The number of hydrogen-bond donors (Lipinski definition) is 1. The average molecular weight is 224 g/mol. The molecule has 1 aliphatic rings. The van der Waals surface area contributed by atoms with Crippen LogP contribution < -0.4 is 5.32 Å². The second kappa shape index (κ2) is 5.77. The maximum absolute atomic E-state index is 5.47. The molecule has 1 N–H and O–H groups in total. The first kappa shape index (κ1) is 12.1. The van der Waals surface area contributed by atoms with Gasteiger partial charge in [0.2, 0.25) is 0 Å². The van der Waals surface area contributed by atoms with E-state index in [1.54, 1.807) is 0 Å². The molecule has 1 aromatic carbocycles. The topological polar surface area (TPSA) is 21.3 Å². The highest BCUT2D eigenvalue weighted by Crippen LogP contribution is 2.23. The van der Waals surface area contributed by atoms with E-state index in [0.717, 1.165) is 0 Å². The van der Waals surface area contributed by atoms with Crippen molar-refractivity contribution in [3.8, 4) is 12.3 Å². The molecule has 0 aromatic heterocycles. The summed E-state index contributed by atoms with van der Waals surface area (Å²) in [5.41, 5.74) is 2.57. The molecule has 0 bridgehead atoms. The number of rotatable bonds is 2. The third-order valence-electron chi connectivity index (χ3n) is 2.42. The fourth-order valence-corrected chi connectivity index (χ4v) is 1.73. The summed E-state index contributed by atoms with van der Waals surface area (Å²) >= 11 is 0. The Balaban J connectivity index is 0.00000112. The fourth-order valence-electron chi connectivity index (χ4n) is 1.73. The van der Waals surface area contributed by atoms with E-state index < -0.39 is 0 Å². The van der Waals surface area contributed by atoms with E-state index in [1.165, 1.54) is 11.1 Å². The minimum atomic E-state index is 0. The van der Waals surface area contributed by atoms with Crippen molar-refractivity contribution in [2.45, 2.75) is 12.6 Å². The molecule has 1 atom stereocenters. The third-order valence-corrected chi connectivity index (χ3v) is 2.42. The fraction of sp³-hybridized carbons (Fsp3) is 0.333. The predicted octanol–water partition coefficient (Wildman–Crippen LogP) is 1.90. The van der Waals surface area contributed by atoms with Gasteiger partial charge in [-0.25, -0.2) is 0 Å². The summed E-state index contributed by atoms with van der Waals surface area (Å²) in [5.74, 6) is 2.58. The van der Waals surface area contributed by atoms with E-state index >= 15 is 0 Å². The van der Waals surface area contributed by atoms with Crippen molar-refractivity contribution in [1.29, 1.82) is 0 Å². The number of halogens is 1. The van der Waals surface area contributed by atoms with Crippen molar-refractivity contribution >= 4 is 12.4 Å². The van der Waals surface area contributed by atoms with Crippen LogP contribution in [0, 0.1) is 12.3 Å². The molecular weight excluding hydrogens is 210 g/mol. The third kappa shape index (κ3) is 2.73. The Morgan fingerprint density at radius 1 is 1.47 bits per heavy atom. The Bertz CT molecular complexity index is 359. The first-order chi connectivity index (χ1) is 6.92. The standard InChI is InChI=1S/C12H13NO.ClH/c1-2-7-13-12-9-14-8-10-5-3-4-6-11(10)12;/h1,3-6,12-13H,7-9H2;1H/t12-;/m0./s1. The Kier molecular flexibility index (Phi) is 4.64. The van der Waals surface area contributed by atoms with Gasteiger partial charge in [0.1, 0.15) is 0 Å². The van der Waals surface area contributed by atoms with Crippen molar-refractivity contribution in [2.24, 2.45) is 0 Å². The van der Waals surface area contributed by atoms with Crippen molar-refractivity contribution in [3.05, 3.63) is 35.4 Å². The molecule has 0 unspecified atom stereocenters. The van der Waals surface area contributed by atoms with Crippen molar-refractivity contribution in [2.75, 3.05) is 13.2 Å². The molecule has 0 radical (unpaired) electrons. The molecule has 2 nitrogen and oxygen atoms in total. The molecule has 0 aliphatic carbocycles. The van der Waals surface area contributed by atoms with Crippen LogP contribution in [0.25, 0.3) is 0 Å². The molecule has 80 valence electrons. The van der Waals surface area contributed by atoms with Gasteiger partial charge in [0.05, 0.1) is 25.8 Å². The Morgan fingerprint density at radius 3 is 3.07 bits per heavy atom. The van der Waals surface area contributed by atoms with Gasteiger partial charge in [0.15, 0.2) is 0 Å². The smallest absolute Gasteiger partial charge is 0.0721 e. The summed E-state index contributed by atoms with van der Waals surface area (Å²) < 4.78 is 5.47. The summed E-state index contributed by atoms with van der Waals surface area (Å²) in [7, 11) is 0. The molecule has 0 saturated heterocycles. The molecule has 0 fully saturated rings. The zero-order chi connectivity index (χ0) is 9.80. The highest BCUT2D eigenvalue weighted by atomic mass is 35.5. The molecule has 0 spiro atoms. The number of ether oxygens (including phenoxy) is 1. The first-order valence-corrected chi connectivity index (χ1v) is 4.74. The molecule has 0 saturated carbocycles. The van der Waals surface area contributed by atoms with Crippen LogP contribution in [0.2, 0.25) is 0 Å². The van der Waals surface area contributed by atoms with Gasteiger partial charge in [0.25, 0.3) is 0 Å². The molecule has 15 heavy (non-hydrogen) atoms. The van der Waals surface area contributed by atoms with Gasteiger partial charge in [-0.1, -0.05) is 30.2 Å². The minimum absolute atomic E-state index is 0. The van der Waals surface area contributed by atoms with Crippen LogP contribution in [-0.2, 0) is 11.3 Å². The number of nitrogens with one attached hydrogen (secondary N) is 1. The summed E-state index contributed by atoms with van der Waals surface area (Å²) in [6, 6.07) is 8.56. The quantitative estimate of drug-likeness (QED) is 0.774. The first-order valence-electron chi connectivity index (χ1n) is 4.74. The highest BCUT2D eigenvalue weighted by molar-refractivity contribution is 5.85. The Hall–Kier alpha value is -1.01. The Morgan fingerprint density at radius 2 is 2.27 bits per heavy atom. The summed E-state index contributed by atoms with van der Waals surface area (Å²) in [4.78, 5) is 0. The number of fused-ring (bicyclic) bond motifs is 1. The van der Waals surface area contributed by atoms with E-state index in [1.807, 2.05) is 6.07 Å². The lowest BCUT2D eigenvalue weighted by molar-refractivity contribution is 0.0834. The maximum Gasteiger partial charge on any atom is 0.0721 e. The number of terminal acetylenes is 1. The van der Waals surface area contributed by atoms with Crippen molar-refractivity contribution in [1.82, 2.24) is 5.32 Å². The van der Waals surface area contributed by atoms with Gasteiger partial charge in [0, 0.05) is 0 Å². The van der Waals surface area contributed by atoms with Crippen LogP contribution in [0.3, 0.4) is 0 Å². The van der Waals surface area contributed by atoms with E-state index in [4.69, 9.17) is 11.2 Å². The van der Waals surface area contributed by atoms with Crippen LogP contribution in [0.5, 0.6) is 0 Å². The average Bonchev–Trinajstić information content (AvgIpc) is 2.26. The van der Waals surface area contributed by atoms with Crippen LogP contribution >= 0.6 is 12.4 Å². The van der Waals surface area contributed by atoms with E-state index in [0.29, 0.717) is 19.8 Å². The molecule has 1 aromatic rings. The van der Waals surface area contributed by atoms with Gasteiger partial charge in [-0.3, -0.25) is 5.32 Å². The lowest BCUT2D eigenvalue weighted by Crippen LogP contribution is -2.29. The number of benzene rings is 1. The van der Waals surface area contributed by atoms with Gasteiger partial charge in [-0.15, -0.1) is 18.8 Å². The molecule has 1 heterocycles.